The second kappa shape index (κ2) is 8.19. The van der Waals surface area contributed by atoms with Gasteiger partial charge in [0.15, 0.2) is 0 Å². The first-order chi connectivity index (χ1) is 10.6. The summed E-state index contributed by atoms with van der Waals surface area (Å²) in [6.45, 7) is 4.40. The van der Waals surface area contributed by atoms with E-state index in [4.69, 9.17) is 14.2 Å². The predicted octanol–water partition coefficient (Wildman–Crippen LogP) is 1.57. The van der Waals surface area contributed by atoms with Gasteiger partial charge in [0, 0.05) is 24.4 Å². The van der Waals surface area contributed by atoms with Crippen LogP contribution in [0.25, 0.3) is 0 Å². The molecule has 1 aliphatic heterocycles. The molecule has 7 nitrogen and oxygen atoms in total. The second-order valence-corrected chi connectivity index (χ2v) is 5.87. The second-order valence-electron chi connectivity index (χ2n) is 4.68. The minimum Gasteiger partial charge on any atom is -0.478 e. The van der Waals surface area contributed by atoms with Crippen LogP contribution in [0.4, 0.5) is 0 Å². The fraction of sp³-hybridized carbons (Fsp3) is 0.643. The average Bonchev–Trinajstić information content (AvgIpc) is 2.95. The number of rotatable bonds is 7. The molecule has 0 unspecified atom stereocenters. The molecule has 0 bridgehead atoms. The fourth-order valence-electron chi connectivity index (χ4n) is 1.96. The van der Waals surface area contributed by atoms with Crippen molar-refractivity contribution in [1.29, 1.82) is 0 Å². The quantitative estimate of drug-likeness (QED) is 0.703. The number of hydrogen-bond donors (Lipinski definition) is 0. The number of ether oxygens (including phenoxy) is 3. The van der Waals surface area contributed by atoms with Gasteiger partial charge in [-0.1, -0.05) is 6.92 Å². The first kappa shape index (κ1) is 16.8. The van der Waals surface area contributed by atoms with Gasteiger partial charge >= 0.3 is 11.7 Å². The summed E-state index contributed by atoms with van der Waals surface area (Å²) >= 11 is 1.51. The van der Waals surface area contributed by atoms with Crippen molar-refractivity contribution in [3.63, 3.8) is 0 Å². The lowest BCUT2D eigenvalue weighted by molar-refractivity contribution is -0.146. The van der Waals surface area contributed by atoms with Gasteiger partial charge in [0.2, 0.25) is 5.88 Å². The molecule has 0 radical (unpaired) electrons. The molecule has 2 atom stereocenters. The van der Waals surface area contributed by atoms with E-state index in [1.807, 2.05) is 13.8 Å². The normalized spacial score (nSPS) is 20.8. The summed E-state index contributed by atoms with van der Waals surface area (Å²) in [5.41, 5.74) is -0.676. The summed E-state index contributed by atoms with van der Waals surface area (Å²) in [6.07, 6.45) is 2.36. The highest BCUT2D eigenvalue weighted by Gasteiger charge is 2.29. The maximum atomic E-state index is 12.0. The van der Waals surface area contributed by atoms with Crippen LogP contribution in [0.15, 0.2) is 17.1 Å². The van der Waals surface area contributed by atoms with E-state index >= 15 is 0 Å². The molecular formula is C14H20N2O5S. The highest BCUT2D eigenvalue weighted by atomic mass is 32.2. The standard InChI is InChI=1S/C14H20N2O5S/c1-3-5-12(17)20-8-13-21-11(9-22-13)16-7-6-10(19-4-2)15-14(16)18/h6-7,11,13H,3-5,8-9H2,1-2H3/t11-,13+/m1/s1. The van der Waals surface area contributed by atoms with E-state index < -0.39 is 11.9 Å². The van der Waals surface area contributed by atoms with Crippen LogP contribution in [-0.2, 0) is 14.3 Å². The summed E-state index contributed by atoms with van der Waals surface area (Å²) in [5.74, 6) is 0.681. The van der Waals surface area contributed by atoms with E-state index in [2.05, 4.69) is 4.98 Å². The maximum Gasteiger partial charge on any atom is 0.353 e. The highest BCUT2D eigenvalue weighted by Crippen LogP contribution is 2.31. The summed E-state index contributed by atoms with van der Waals surface area (Å²) in [7, 11) is 0. The van der Waals surface area contributed by atoms with Gasteiger partial charge in [-0.15, -0.1) is 11.8 Å². The van der Waals surface area contributed by atoms with Gasteiger partial charge in [0.25, 0.3) is 0 Å². The molecule has 22 heavy (non-hydrogen) atoms. The van der Waals surface area contributed by atoms with E-state index in [0.29, 0.717) is 24.7 Å². The third-order valence-corrected chi connectivity index (χ3v) is 4.07. The fourth-order valence-corrected chi connectivity index (χ4v) is 2.95. The number of esters is 1. The van der Waals surface area contributed by atoms with Crippen molar-refractivity contribution in [2.45, 2.75) is 38.4 Å². The molecule has 0 aliphatic carbocycles. The number of aromatic nitrogens is 2. The first-order valence-corrected chi connectivity index (χ1v) is 8.33. The van der Waals surface area contributed by atoms with Gasteiger partial charge in [-0.25, -0.2) is 4.79 Å². The largest absolute Gasteiger partial charge is 0.478 e. The highest BCUT2D eigenvalue weighted by molar-refractivity contribution is 8.00. The summed E-state index contributed by atoms with van der Waals surface area (Å²) < 4.78 is 17.5. The molecule has 0 aromatic carbocycles. The summed E-state index contributed by atoms with van der Waals surface area (Å²) in [5, 5.41) is 0. The van der Waals surface area contributed by atoms with Gasteiger partial charge < -0.3 is 14.2 Å². The molecule has 1 saturated heterocycles. The number of nitrogens with zero attached hydrogens (tertiary/aromatic N) is 2. The molecule has 0 spiro atoms. The van der Waals surface area contributed by atoms with E-state index in [9.17, 15) is 9.59 Å². The van der Waals surface area contributed by atoms with Crippen molar-refractivity contribution < 1.29 is 19.0 Å². The molecule has 0 N–H and O–H groups in total. The van der Waals surface area contributed by atoms with Crippen molar-refractivity contribution in [1.82, 2.24) is 9.55 Å². The zero-order valence-electron chi connectivity index (χ0n) is 12.7. The van der Waals surface area contributed by atoms with Crippen molar-refractivity contribution in [2.75, 3.05) is 19.0 Å². The van der Waals surface area contributed by atoms with Crippen molar-refractivity contribution >= 4 is 17.7 Å². The Labute approximate surface area is 133 Å². The lowest BCUT2D eigenvalue weighted by Crippen LogP contribution is -2.28. The topological polar surface area (TPSA) is 79.7 Å². The number of hydrogen-bond acceptors (Lipinski definition) is 7. The van der Waals surface area contributed by atoms with Gasteiger partial charge in [-0.05, 0) is 13.3 Å². The first-order valence-electron chi connectivity index (χ1n) is 7.28. The molecule has 2 heterocycles. The van der Waals surface area contributed by atoms with Crippen molar-refractivity contribution in [3.8, 4) is 5.88 Å². The van der Waals surface area contributed by atoms with Crippen LogP contribution in [0.1, 0.15) is 32.9 Å². The summed E-state index contributed by atoms with van der Waals surface area (Å²) in [4.78, 5) is 27.1. The zero-order valence-corrected chi connectivity index (χ0v) is 13.5. The molecule has 1 fully saturated rings. The Morgan fingerprint density at radius 3 is 3.05 bits per heavy atom. The van der Waals surface area contributed by atoms with Gasteiger partial charge in [0.1, 0.15) is 18.3 Å². The van der Waals surface area contributed by atoms with E-state index in [-0.39, 0.29) is 18.0 Å². The Morgan fingerprint density at radius 2 is 2.36 bits per heavy atom. The lowest BCUT2D eigenvalue weighted by atomic mass is 10.3. The molecule has 2 rings (SSSR count). The number of carbonyl (C=O) groups is 1. The predicted molar refractivity (Wildman–Crippen MR) is 81.9 cm³/mol. The molecule has 0 saturated carbocycles. The van der Waals surface area contributed by atoms with Crippen molar-refractivity contribution in [2.24, 2.45) is 0 Å². The van der Waals surface area contributed by atoms with Gasteiger partial charge in [-0.2, -0.15) is 4.98 Å². The van der Waals surface area contributed by atoms with Crippen LogP contribution in [-0.4, -0.2) is 39.9 Å². The van der Waals surface area contributed by atoms with Gasteiger partial charge in [0.05, 0.1) is 6.61 Å². The number of thioether (sulfide) groups is 1. The molecule has 1 aromatic rings. The van der Waals surface area contributed by atoms with E-state index in [1.165, 1.54) is 16.3 Å². The monoisotopic (exact) mass is 328 g/mol. The van der Waals surface area contributed by atoms with Crippen LogP contribution in [0.5, 0.6) is 5.88 Å². The Morgan fingerprint density at radius 1 is 1.55 bits per heavy atom. The zero-order chi connectivity index (χ0) is 15.9. The number of carbonyl (C=O) groups excluding carboxylic acids is 1. The SMILES string of the molecule is CCCC(=O)OC[C@H]1O[C@@H](n2ccc(OCC)nc2=O)CS1. The van der Waals surface area contributed by atoms with Crippen LogP contribution < -0.4 is 10.4 Å². The van der Waals surface area contributed by atoms with Gasteiger partial charge in [-0.3, -0.25) is 9.36 Å². The Balaban J connectivity index is 1.90. The minimum absolute atomic E-state index is 0.194. The molecule has 1 aromatic heterocycles. The molecular weight excluding hydrogens is 308 g/mol. The molecule has 8 heteroatoms. The molecule has 122 valence electrons. The third kappa shape index (κ3) is 4.48. The Kier molecular flexibility index (Phi) is 6.26. The van der Waals surface area contributed by atoms with E-state index in [0.717, 1.165) is 6.42 Å². The van der Waals surface area contributed by atoms with Crippen molar-refractivity contribution in [3.05, 3.63) is 22.7 Å². The van der Waals surface area contributed by atoms with E-state index in [1.54, 1.807) is 12.3 Å². The summed E-state index contributed by atoms with van der Waals surface area (Å²) in [6, 6.07) is 1.63. The van der Waals surface area contributed by atoms with Crippen LogP contribution in [0.2, 0.25) is 0 Å². The average molecular weight is 328 g/mol. The Bertz CT molecular complexity index is 562. The molecule has 1 aliphatic rings. The van der Waals surface area contributed by atoms with Crippen LogP contribution in [0, 0.1) is 0 Å². The van der Waals surface area contributed by atoms with Crippen LogP contribution >= 0.6 is 11.8 Å². The lowest BCUT2D eigenvalue weighted by Gasteiger charge is -2.15. The molecule has 0 amide bonds. The smallest absolute Gasteiger partial charge is 0.353 e. The minimum atomic E-state index is -0.417. The third-order valence-electron chi connectivity index (χ3n) is 2.97. The Hall–Kier alpha value is -1.54. The maximum absolute atomic E-state index is 12.0. The van der Waals surface area contributed by atoms with Crippen LogP contribution in [0.3, 0.4) is 0 Å².